The molecular formula is C25H46O. The molecule has 0 bridgehead atoms. The molecule has 0 spiro atoms. The molecule has 0 aromatic rings. The minimum Gasteiger partial charge on any atom is -0.374 e. The molecule has 0 heterocycles. The number of ether oxygens (including phenoxy) is 1. The topological polar surface area (TPSA) is 9.23 Å². The number of allylic oxidation sites excluding steroid dienone is 1. The zero-order valence-corrected chi connectivity index (χ0v) is 17.9. The Morgan fingerprint density at radius 1 is 0.692 bits per heavy atom. The van der Waals surface area contributed by atoms with E-state index in [2.05, 4.69) is 26.0 Å². The summed E-state index contributed by atoms with van der Waals surface area (Å²) in [5.41, 5.74) is 0. The van der Waals surface area contributed by atoms with E-state index in [1.807, 2.05) is 0 Å². The molecule has 152 valence electrons. The van der Waals surface area contributed by atoms with Gasteiger partial charge in [0, 0.05) is 0 Å². The van der Waals surface area contributed by atoms with Crippen LogP contribution in [0.5, 0.6) is 0 Å². The van der Waals surface area contributed by atoms with Gasteiger partial charge in [-0.2, -0.15) is 0 Å². The minimum atomic E-state index is 0.538. The third kappa shape index (κ3) is 9.07. The quantitative estimate of drug-likeness (QED) is 0.252. The van der Waals surface area contributed by atoms with Gasteiger partial charge in [0.2, 0.25) is 0 Å². The molecule has 2 saturated carbocycles. The Hall–Kier alpha value is -0.300. The van der Waals surface area contributed by atoms with E-state index in [0.717, 1.165) is 24.4 Å². The second kappa shape index (κ2) is 13.8. The first-order chi connectivity index (χ1) is 12.8. The van der Waals surface area contributed by atoms with Gasteiger partial charge in [0.25, 0.3) is 0 Å². The highest BCUT2D eigenvalue weighted by Gasteiger charge is 2.21. The highest BCUT2D eigenvalue weighted by molar-refractivity contribution is 4.91. The van der Waals surface area contributed by atoms with Gasteiger partial charge < -0.3 is 4.74 Å². The van der Waals surface area contributed by atoms with Crippen LogP contribution in [0.4, 0.5) is 0 Å². The van der Waals surface area contributed by atoms with Crippen molar-refractivity contribution in [1.29, 1.82) is 0 Å². The Kier molecular flexibility index (Phi) is 11.7. The maximum absolute atomic E-state index is 6.15. The van der Waals surface area contributed by atoms with Crippen LogP contribution >= 0.6 is 0 Å². The molecule has 0 radical (unpaired) electrons. The predicted octanol–water partition coefficient (Wildman–Crippen LogP) is 8.09. The maximum atomic E-state index is 6.15. The summed E-state index contributed by atoms with van der Waals surface area (Å²) >= 11 is 0. The zero-order valence-electron chi connectivity index (χ0n) is 17.9. The second-order valence-corrected chi connectivity index (χ2v) is 9.18. The second-order valence-electron chi connectivity index (χ2n) is 9.18. The van der Waals surface area contributed by atoms with Gasteiger partial charge in [-0.05, 0) is 69.1 Å². The maximum Gasteiger partial charge on any atom is 0.0651 e. The molecule has 2 aliphatic carbocycles. The Labute approximate surface area is 164 Å². The summed E-state index contributed by atoms with van der Waals surface area (Å²) in [4.78, 5) is 0. The molecule has 0 aromatic carbocycles. The lowest BCUT2D eigenvalue weighted by atomic mass is 9.79. The molecule has 0 aromatic heterocycles. The van der Waals surface area contributed by atoms with Gasteiger partial charge in [0.1, 0.15) is 0 Å². The molecule has 2 aliphatic rings. The summed E-state index contributed by atoms with van der Waals surface area (Å²) in [5.74, 6) is 2.84. The van der Waals surface area contributed by atoms with Gasteiger partial charge in [-0.15, -0.1) is 0 Å². The lowest BCUT2D eigenvalue weighted by Crippen LogP contribution is -2.21. The summed E-state index contributed by atoms with van der Waals surface area (Å²) in [6.07, 6.45) is 27.9. The molecule has 1 heteroatoms. The fraction of sp³-hybridized carbons (Fsp3) is 0.920. The third-order valence-corrected chi connectivity index (χ3v) is 6.95. The first-order valence-corrected chi connectivity index (χ1v) is 12.1. The van der Waals surface area contributed by atoms with E-state index in [9.17, 15) is 0 Å². The van der Waals surface area contributed by atoms with Crippen LogP contribution in [0.25, 0.3) is 0 Å². The lowest BCUT2D eigenvalue weighted by Gasteiger charge is -2.28. The molecule has 26 heavy (non-hydrogen) atoms. The van der Waals surface area contributed by atoms with Crippen molar-refractivity contribution < 1.29 is 4.74 Å². The molecule has 2 fully saturated rings. The van der Waals surface area contributed by atoms with Crippen LogP contribution in [0.15, 0.2) is 12.2 Å². The van der Waals surface area contributed by atoms with Crippen molar-refractivity contribution in [2.45, 2.75) is 123 Å². The van der Waals surface area contributed by atoms with Crippen molar-refractivity contribution >= 4 is 0 Å². The standard InChI is InChI=1S/C25H46O/c1-3-5-7-10-22-13-15-24(16-14-22)12-9-21-26-25-19-17-23(18-20-25)11-8-6-4-2/h9,12,22-25H,3-8,10-11,13-21H2,1-2H3/b12-9+. The van der Waals surface area contributed by atoms with Crippen molar-refractivity contribution in [2.75, 3.05) is 6.61 Å². The van der Waals surface area contributed by atoms with Crippen molar-refractivity contribution in [1.82, 2.24) is 0 Å². The number of rotatable bonds is 12. The summed E-state index contributed by atoms with van der Waals surface area (Å²) < 4.78 is 6.15. The summed E-state index contributed by atoms with van der Waals surface area (Å²) in [6, 6.07) is 0. The first kappa shape index (κ1) is 22.0. The van der Waals surface area contributed by atoms with Gasteiger partial charge in [0.05, 0.1) is 12.7 Å². The normalized spacial score (nSPS) is 30.1. The van der Waals surface area contributed by atoms with Gasteiger partial charge in [-0.25, -0.2) is 0 Å². The fourth-order valence-corrected chi connectivity index (χ4v) is 5.06. The molecule has 0 saturated heterocycles. The fourth-order valence-electron chi connectivity index (χ4n) is 5.06. The van der Waals surface area contributed by atoms with E-state index in [1.165, 1.54) is 103 Å². The van der Waals surface area contributed by atoms with Crippen molar-refractivity contribution in [3.05, 3.63) is 12.2 Å². The summed E-state index contributed by atoms with van der Waals surface area (Å²) in [5, 5.41) is 0. The molecule has 0 atom stereocenters. The summed E-state index contributed by atoms with van der Waals surface area (Å²) in [7, 11) is 0. The zero-order chi connectivity index (χ0) is 18.5. The van der Waals surface area contributed by atoms with Crippen LogP contribution in [-0.4, -0.2) is 12.7 Å². The van der Waals surface area contributed by atoms with Crippen molar-refractivity contribution in [3.63, 3.8) is 0 Å². The van der Waals surface area contributed by atoms with E-state index in [-0.39, 0.29) is 0 Å². The van der Waals surface area contributed by atoms with Gasteiger partial charge in [-0.1, -0.05) is 77.4 Å². The third-order valence-electron chi connectivity index (χ3n) is 6.95. The molecule has 0 unspecified atom stereocenters. The average Bonchev–Trinajstić information content (AvgIpc) is 2.68. The van der Waals surface area contributed by atoms with E-state index in [4.69, 9.17) is 4.74 Å². The van der Waals surface area contributed by atoms with Crippen LogP contribution in [0, 0.1) is 17.8 Å². The molecule has 1 nitrogen and oxygen atoms in total. The summed E-state index contributed by atoms with van der Waals surface area (Å²) in [6.45, 7) is 5.46. The van der Waals surface area contributed by atoms with E-state index in [0.29, 0.717) is 6.10 Å². The Balaban J connectivity index is 1.49. The van der Waals surface area contributed by atoms with Gasteiger partial charge in [-0.3, -0.25) is 0 Å². The highest BCUT2D eigenvalue weighted by atomic mass is 16.5. The molecule has 0 N–H and O–H groups in total. The van der Waals surface area contributed by atoms with Crippen molar-refractivity contribution in [3.8, 4) is 0 Å². The Morgan fingerprint density at radius 2 is 1.23 bits per heavy atom. The van der Waals surface area contributed by atoms with Crippen LogP contribution in [-0.2, 0) is 4.74 Å². The van der Waals surface area contributed by atoms with E-state index in [1.54, 1.807) is 0 Å². The molecular weight excluding hydrogens is 316 g/mol. The molecule has 0 aliphatic heterocycles. The SMILES string of the molecule is CCCCCC1CCC(/C=C/COC2CCC(CCCCC)CC2)CC1. The van der Waals surface area contributed by atoms with Crippen molar-refractivity contribution in [2.24, 2.45) is 17.8 Å². The first-order valence-electron chi connectivity index (χ1n) is 12.1. The van der Waals surface area contributed by atoms with Gasteiger partial charge in [0.15, 0.2) is 0 Å². The van der Waals surface area contributed by atoms with Crippen LogP contribution in [0.1, 0.15) is 117 Å². The number of hydrogen-bond acceptors (Lipinski definition) is 1. The number of hydrogen-bond donors (Lipinski definition) is 0. The average molecular weight is 363 g/mol. The smallest absolute Gasteiger partial charge is 0.0651 e. The molecule has 2 rings (SSSR count). The molecule has 0 amide bonds. The van der Waals surface area contributed by atoms with E-state index < -0.39 is 0 Å². The van der Waals surface area contributed by atoms with Crippen LogP contribution in [0.3, 0.4) is 0 Å². The minimum absolute atomic E-state index is 0.538. The number of unbranched alkanes of at least 4 members (excludes halogenated alkanes) is 4. The lowest BCUT2D eigenvalue weighted by molar-refractivity contribution is 0.0331. The largest absolute Gasteiger partial charge is 0.374 e. The van der Waals surface area contributed by atoms with Crippen LogP contribution < -0.4 is 0 Å². The van der Waals surface area contributed by atoms with E-state index >= 15 is 0 Å². The van der Waals surface area contributed by atoms with Gasteiger partial charge >= 0.3 is 0 Å². The highest BCUT2D eigenvalue weighted by Crippen LogP contribution is 2.33. The van der Waals surface area contributed by atoms with Crippen LogP contribution in [0.2, 0.25) is 0 Å². The Bertz CT molecular complexity index is 345. The monoisotopic (exact) mass is 362 g/mol. The Morgan fingerprint density at radius 3 is 1.77 bits per heavy atom. The predicted molar refractivity (Wildman–Crippen MR) is 115 cm³/mol.